The van der Waals surface area contributed by atoms with Gasteiger partial charge in [0.2, 0.25) is 15.9 Å². The van der Waals surface area contributed by atoms with Crippen molar-refractivity contribution >= 4 is 26.8 Å². The molecule has 2 fully saturated rings. The fourth-order valence-corrected chi connectivity index (χ4v) is 5.84. The van der Waals surface area contributed by atoms with Gasteiger partial charge in [-0.25, -0.2) is 13.4 Å². The van der Waals surface area contributed by atoms with E-state index in [1.165, 1.54) is 16.4 Å². The molecule has 2 aromatic carbocycles. The predicted octanol–water partition coefficient (Wildman–Crippen LogP) is 3.31. The zero-order valence-electron chi connectivity index (χ0n) is 17.7. The molecule has 1 amide bonds. The molecule has 3 aromatic rings. The van der Waals surface area contributed by atoms with Gasteiger partial charge in [0.15, 0.2) is 0 Å². The highest BCUT2D eigenvalue weighted by atomic mass is 32.2. The molecule has 32 heavy (non-hydrogen) atoms. The number of amides is 1. The van der Waals surface area contributed by atoms with Crippen LogP contribution >= 0.6 is 0 Å². The summed E-state index contributed by atoms with van der Waals surface area (Å²) in [7, 11) is -3.48. The van der Waals surface area contributed by atoms with Crippen LogP contribution in [-0.2, 0) is 10.0 Å². The maximum atomic E-state index is 12.9. The van der Waals surface area contributed by atoms with E-state index < -0.39 is 10.0 Å². The van der Waals surface area contributed by atoms with Crippen LogP contribution in [0.3, 0.4) is 0 Å². The van der Waals surface area contributed by atoms with Crippen molar-refractivity contribution in [1.29, 1.82) is 0 Å². The minimum absolute atomic E-state index is 0.118. The average Bonchev–Trinajstić information content (AvgIpc) is 3.52. The Morgan fingerprint density at radius 2 is 1.69 bits per heavy atom. The number of carbonyl (C=O) groups excluding carboxylic acids is 1. The Hall–Kier alpha value is -2.97. The Balaban J connectivity index is 1.23. The van der Waals surface area contributed by atoms with Gasteiger partial charge < -0.3 is 9.64 Å². The highest BCUT2D eigenvalue weighted by molar-refractivity contribution is 7.89. The van der Waals surface area contributed by atoms with E-state index in [1.54, 1.807) is 17.0 Å². The summed E-state index contributed by atoms with van der Waals surface area (Å²) in [6.07, 6.45) is 2.38. The Morgan fingerprint density at radius 3 is 2.47 bits per heavy atom. The number of likely N-dealkylation sites (tertiary alicyclic amines) is 1. The minimum atomic E-state index is -3.48. The Kier molecular flexibility index (Phi) is 5.57. The number of para-hydroxylation sites is 1. The first kappa shape index (κ1) is 20.9. The summed E-state index contributed by atoms with van der Waals surface area (Å²) >= 11 is 0. The molecule has 0 spiro atoms. The summed E-state index contributed by atoms with van der Waals surface area (Å²) in [6.45, 7) is 2.18. The third-order valence-electron chi connectivity index (χ3n) is 6.10. The van der Waals surface area contributed by atoms with E-state index >= 15 is 0 Å². The lowest BCUT2D eigenvalue weighted by Gasteiger charge is -2.18. The van der Waals surface area contributed by atoms with Gasteiger partial charge in [0, 0.05) is 43.1 Å². The average molecular weight is 452 g/mol. The van der Waals surface area contributed by atoms with Crippen LogP contribution < -0.4 is 4.74 Å². The van der Waals surface area contributed by atoms with Gasteiger partial charge in [-0.15, -0.1) is 0 Å². The van der Waals surface area contributed by atoms with Crippen molar-refractivity contribution < 1.29 is 17.9 Å². The van der Waals surface area contributed by atoms with Gasteiger partial charge in [-0.2, -0.15) is 4.31 Å². The number of rotatable bonds is 5. The van der Waals surface area contributed by atoms with E-state index in [-0.39, 0.29) is 16.9 Å². The molecule has 0 N–H and O–H groups in total. The minimum Gasteiger partial charge on any atom is -0.472 e. The van der Waals surface area contributed by atoms with Crippen molar-refractivity contribution in [3.05, 3.63) is 66.2 Å². The van der Waals surface area contributed by atoms with Gasteiger partial charge in [-0.1, -0.05) is 18.2 Å². The molecule has 2 aliphatic heterocycles. The monoisotopic (exact) mass is 451 g/mol. The molecule has 0 radical (unpaired) electrons. The number of benzene rings is 2. The van der Waals surface area contributed by atoms with E-state index in [4.69, 9.17) is 4.74 Å². The maximum Gasteiger partial charge on any atom is 0.253 e. The first-order chi connectivity index (χ1) is 15.5. The molecule has 2 saturated heterocycles. The lowest BCUT2D eigenvalue weighted by molar-refractivity contribution is 0.0771. The van der Waals surface area contributed by atoms with Crippen LogP contribution in [0.1, 0.15) is 29.6 Å². The summed E-state index contributed by atoms with van der Waals surface area (Å²) in [5.41, 5.74) is 1.36. The molecule has 0 saturated carbocycles. The number of nitrogens with zero attached hydrogens (tertiary/aromatic N) is 3. The van der Waals surface area contributed by atoms with Crippen LogP contribution in [0.15, 0.2) is 65.6 Å². The summed E-state index contributed by atoms with van der Waals surface area (Å²) in [5.74, 6) is 0.437. The SMILES string of the molecule is O=C(c1ccc(S(=O)(=O)N2CCCC2)cc1)N1CCC(Oc2ccc3ccccc3n2)C1. The molecule has 1 aromatic heterocycles. The predicted molar refractivity (Wildman–Crippen MR) is 121 cm³/mol. The van der Waals surface area contributed by atoms with Gasteiger partial charge >= 0.3 is 0 Å². The third kappa shape index (κ3) is 4.08. The first-order valence-corrected chi connectivity index (χ1v) is 12.4. The maximum absolute atomic E-state index is 12.9. The third-order valence-corrected chi connectivity index (χ3v) is 8.01. The van der Waals surface area contributed by atoms with Crippen molar-refractivity contribution in [3.63, 3.8) is 0 Å². The molecule has 1 unspecified atom stereocenters. The van der Waals surface area contributed by atoms with Gasteiger partial charge in [0.05, 0.1) is 17.0 Å². The second-order valence-electron chi connectivity index (χ2n) is 8.26. The van der Waals surface area contributed by atoms with Gasteiger partial charge in [0.25, 0.3) is 5.91 Å². The molecule has 166 valence electrons. The summed E-state index contributed by atoms with van der Waals surface area (Å²) in [5, 5.41) is 1.05. The Bertz CT molecular complexity index is 1240. The number of pyridine rings is 1. The zero-order chi connectivity index (χ0) is 22.1. The largest absolute Gasteiger partial charge is 0.472 e. The molecule has 0 aliphatic carbocycles. The van der Waals surface area contributed by atoms with Crippen LogP contribution in [0.5, 0.6) is 5.88 Å². The van der Waals surface area contributed by atoms with Crippen LogP contribution in [-0.4, -0.2) is 60.8 Å². The molecular formula is C24H25N3O4S. The summed E-state index contributed by atoms with van der Waals surface area (Å²) in [4.78, 5) is 19.5. The molecule has 0 bridgehead atoms. The van der Waals surface area contributed by atoms with E-state index in [9.17, 15) is 13.2 Å². The Labute approximate surface area is 187 Å². The van der Waals surface area contributed by atoms with Crippen molar-refractivity contribution in [3.8, 4) is 5.88 Å². The number of aromatic nitrogens is 1. The van der Waals surface area contributed by atoms with Crippen LogP contribution in [0, 0.1) is 0 Å². The van der Waals surface area contributed by atoms with Crippen molar-refractivity contribution in [2.45, 2.75) is 30.3 Å². The number of ether oxygens (including phenoxy) is 1. The smallest absolute Gasteiger partial charge is 0.253 e. The van der Waals surface area contributed by atoms with E-state index in [0.717, 1.165) is 30.2 Å². The van der Waals surface area contributed by atoms with E-state index in [0.29, 0.717) is 37.6 Å². The topological polar surface area (TPSA) is 79.8 Å². The van der Waals surface area contributed by atoms with Gasteiger partial charge in [-0.05, 0) is 49.2 Å². The highest BCUT2D eigenvalue weighted by Gasteiger charge is 2.30. The lowest BCUT2D eigenvalue weighted by Crippen LogP contribution is -2.31. The molecule has 8 heteroatoms. The van der Waals surface area contributed by atoms with Crippen LogP contribution in [0.4, 0.5) is 0 Å². The molecule has 2 aliphatic rings. The fraction of sp³-hybridized carbons (Fsp3) is 0.333. The number of fused-ring (bicyclic) bond motifs is 1. The second kappa shape index (κ2) is 8.52. The molecule has 1 atom stereocenters. The van der Waals surface area contributed by atoms with Crippen molar-refractivity contribution in [2.24, 2.45) is 0 Å². The number of hydrogen-bond acceptors (Lipinski definition) is 5. The summed E-state index contributed by atoms with van der Waals surface area (Å²) < 4.78 is 32.9. The summed E-state index contributed by atoms with van der Waals surface area (Å²) in [6, 6.07) is 18.0. The van der Waals surface area contributed by atoms with E-state index in [2.05, 4.69) is 4.98 Å². The number of carbonyl (C=O) groups is 1. The lowest BCUT2D eigenvalue weighted by atomic mass is 10.2. The first-order valence-electron chi connectivity index (χ1n) is 10.9. The fourth-order valence-electron chi connectivity index (χ4n) is 4.32. The molecule has 3 heterocycles. The quantitative estimate of drug-likeness (QED) is 0.595. The van der Waals surface area contributed by atoms with Crippen molar-refractivity contribution in [1.82, 2.24) is 14.2 Å². The Morgan fingerprint density at radius 1 is 0.938 bits per heavy atom. The second-order valence-corrected chi connectivity index (χ2v) is 10.2. The normalized spacial score (nSPS) is 19.5. The van der Waals surface area contributed by atoms with Crippen molar-refractivity contribution in [2.75, 3.05) is 26.2 Å². The van der Waals surface area contributed by atoms with Gasteiger partial charge in [0.1, 0.15) is 6.10 Å². The van der Waals surface area contributed by atoms with Crippen LogP contribution in [0.25, 0.3) is 10.9 Å². The highest BCUT2D eigenvalue weighted by Crippen LogP contribution is 2.24. The molecule has 7 nitrogen and oxygen atoms in total. The van der Waals surface area contributed by atoms with Crippen LogP contribution in [0.2, 0.25) is 0 Å². The molecule has 5 rings (SSSR count). The number of sulfonamides is 1. The standard InChI is InChI=1S/C24H25N3O4S/c28-24(19-7-10-21(11-8-19)32(29,30)27-14-3-4-15-27)26-16-13-20(17-26)31-23-12-9-18-5-1-2-6-22(18)25-23/h1-2,5-12,20H,3-4,13-17H2. The number of hydrogen-bond donors (Lipinski definition) is 0. The molecular weight excluding hydrogens is 426 g/mol. The van der Waals surface area contributed by atoms with E-state index in [1.807, 2.05) is 36.4 Å². The van der Waals surface area contributed by atoms with Gasteiger partial charge in [-0.3, -0.25) is 4.79 Å². The zero-order valence-corrected chi connectivity index (χ0v) is 18.5.